The molecule has 0 unspecified atom stereocenters. The molecule has 6 nitrogen and oxygen atoms in total. The molecule has 0 radical (unpaired) electrons. The molecule has 0 spiro atoms. The largest absolute Gasteiger partial charge is 0.494 e. The number of carbonyl (C=O) groups is 3. The average Bonchev–Trinajstić information content (AvgIpc) is 3.24. The molecular formula is C27H22N2O4S. The van der Waals surface area contributed by atoms with Crippen molar-refractivity contribution in [1.82, 2.24) is 4.98 Å². The molecule has 170 valence electrons. The topological polar surface area (TPSA) is 85.4 Å². The van der Waals surface area contributed by atoms with E-state index in [0.717, 1.165) is 21.9 Å². The first kappa shape index (κ1) is 23.1. The second-order valence-corrected chi connectivity index (χ2v) is 8.64. The lowest BCUT2D eigenvalue weighted by molar-refractivity contribution is 0.0817. The van der Waals surface area contributed by atoms with Crippen LogP contribution in [0.5, 0.6) is 5.75 Å². The molecule has 7 heteroatoms. The fraction of sp³-hybridized carbons (Fsp3) is 0.111. The minimum absolute atomic E-state index is 0.230. The Morgan fingerprint density at radius 2 is 1.41 bits per heavy atom. The van der Waals surface area contributed by atoms with Gasteiger partial charge < -0.3 is 4.74 Å². The summed E-state index contributed by atoms with van der Waals surface area (Å²) >= 11 is 1.38. The van der Waals surface area contributed by atoms with Crippen molar-refractivity contribution < 1.29 is 19.1 Å². The number of anilines is 1. The summed E-state index contributed by atoms with van der Waals surface area (Å²) in [5.74, 6) is -0.757. The fourth-order valence-electron chi connectivity index (χ4n) is 3.39. The fourth-order valence-corrected chi connectivity index (χ4v) is 4.22. The van der Waals surface area contributed by atoms with Crippen molar-refractivity contribution in [2.75, 3.05) is 11.9 Å². The number of benzene rings is 3. The van der Waals surface area contributed by atoms with Crippen LogP contribution in [-0.2, 0) is 0 Å². The molecule has 3 aromatic carbocycles. The number of aryl methyl sites for hydroxylation is 1. The summed E-state index contributed by atoms with van der Waals surface area (Å²) in [4.78, 5) is 43.1. The van der Waals surface area contributed by atoms with Crippen molar-refractivity contribution in [2.24, 2.45) is 0 Å². The highest BCUT2D eigenvalue weighted by atomic mass is 32.1. The van der Waals surface area contributed by atoms with Crippen molar-refractivity contribution in [3.63, 3.8) is 0 Å². The minimum Gasteiger partial charge on any atom is -0.494 e. The second-order valence-electron chi connectivity index (χ2n) is 7.44. The number of ether oxygens (including phenoxy) is 1. The average molecular weight is 471 g/mol. The van der Waals surface area contributed by atoms with Crippen LogP contribution in [0.4, 0.5) is 5.13 Å². The van der Waals surface area contributed by atoms with Gasteiger partial charge in [0.15, 0.2) is 5.13 Å². The van der Waals surface area contributed by atoms with Gasteiger partial charge in [0.2, 0.25) is 11.6 Å². The first-order valence-corrected chi connectivity index (χ1v) is 11.5. The third-order valence-electron chi connectivity index (χ3n) is 5.11. The standard InChI is InChI=1S/C27H22N2O4S/c1-3-33-22-15-13-18(14-16-22)23-17(2)34-27(28-23)29-26(32)21-11-9-20(10-12-21)25(31)24(30)19-7-5-4-6-8-19/h4-16H,3H2,1-2H3,(H,28,29,32). The summed E-state index contributed by atoms with van der Waals surface area (Å²) < 4.78 is 5.48. The van der Waals surface area contributed by atoms with Crippen LogP contribution in [-0.4, -0.2) is 29.1 Å². The van der Waals surface area contributed by atoms with E-state index in [2.05, 4.69) is 10.3 Å². The molecular weight excluding hydrogens is 448 g/mol. The summed E-state index contributed by atoms with van der Waals surface area (Å²) in [6.07, 6.45) is 0. The first-order valence-electron chi connectivity index (χ1n) is 10.7. The number of thiazole rings is 1. The lowest BCUT2D eigenvalue weighted by Crippen LogP contribution is -2.15. The molecule has 0 atom stereocenters. The third kappa shape index (κ3) is 5.10. The molecule has 1 amide bonds. The molecule has 0 fully saturated rings. The number of hydrogen-bond acceptors (Lipinski definition) is 6. The molecule has 4 aromatic rings. The monoisotopic (exact) mass is 470 g/mol. The molecule has 1 N–H and O–H groups in total. The minimum atomic E-state index is -0.617. The highest BCUT2D eigenvalue weighted by Crippen LogP contribution is 2.31. The van der Waals surface area contributed by atoms with Crippen LogP contribution in [0.2, 0.25) is 0 Å². The molecule has 0 aliphatic carbocycles. The maximum Gasteiger partial charge on any atom is 0.257 e. The molecule has 1 aromatic heterocycles. The van der Waals surface area contributed by atoms with Crippen molar-refractivity contribution in [3.8, 4) is 17.0 Å². The smallest absolute Gasteiger partial charge is 0.257 e. The van der Waals surface area contributed by atoms with Crippen LogP contribution >= 0.6 is 11.3 Å². The Hall–Kier alpha value is -4.10. The van der Waals surface area contributed by atoms with Gasteiger partial charge in [-0.25, -0.2) is 4.98 Å². The highest BCUT2D eigenvalue weighted by molar-refractivity contribution is 7.16. The van der Waals surface area contributed by atoms with E-state index >= 15 is 0 Å². The Balaban J connectivity index is 1.44. The summed E-state index contributed by atoms with van der Waals surface area (Å²) in [6, 6.07) is 22.0. The van der Waals surface area contributed by atoms with E-state index in [1.165, 1.54) is 35.6 Å². The Bertz CT molecular complexity index is 1330. The Morgan fingerprint density at radius 3 is 2.03 bits per heavy atom. The maximum absolute atomic E-state index is 12.7. The Kier molecular flexibility index (Phi) is 6.94. The van der Waals surface area contributed by atoms with Crippen molar-refractivity contribution in [3.05, 3.63) is 100 Å². The summed E-state index contributed by atoms with van der Waals surface area (Å²) in [6.45, 7) is 4.48. The number of aromatic nitrogens is 1. The van der Waals surface area contributed by atoms with Gasteiger partial charge in [-0.05, 0) is 50.2 Å². The van der Waals surface area contributed by atoms with E-state index in [4.69, 9.17) is 4.74 Å². The van der Waals surface area contributed by atoms with Crippen molar-refractivity contribution >= 4 is 33.9 Å². The predicted octanol–water partition coefficient (Wildman–Crippen LogP) is 5.84. The van der Waals surface area contributed by atoms with Crippen LogP contribution in [0.1, 0.15) is 42.9 Å². The molecule has 1 heterocycles. The molecule has 34 heavy (non-hydrogen) atoms. The van der Waals surface area contributed by atoms with Crippen LogP contribution in [0, 0.1) is 6.92 Å². The number of carbonyl (C=O) groups excluding carboxylic acids is 3. The number of Topliss-reactive ketones (excluding diaryl/α,β-unsaturated/α-hetero) is 2. The van der Waals surface area contributed by atoms with Gasteiger partial charge in [0.05, 0.1) is 12.3 Å². The van der Waals surface area contributed by atoms with Crippen LogP contribution < -0.4 is 10.1 Å². The van der Waals surface area contributed by atoms with Crippen LogP contribution in [0.3, 0.4) is 0 Å². The van der Waals surface area contributed by atoms with Gasteiger partial charge >= 0.3 is 0 Å². The Labute approximate surface area is 201 Å². The maximum atomic E-state index is 12.7. The molecule has 0 bridgehead atoms. The van der Waals surface area contributed by atoms with E-state index in [1.54, 1.807) is 30.3 Å². The van der Waals surface area contributed by atoms with Gasteiger partial charge in [-0.3, -0.25) is 19.7 Å². The van der Waals surface area contributed by atoms with Gasteiger partial charge in [-0.15, -0.1) is 11.3 Å². The lowest BCUT2D eigenvalue weighted by Gasteiger charge is -2.04. The molecule has 0 aliphatic rings. The van der Waals surface area contributed by atoms with E-state index < -0.39 is 11.6 Å². The summed E-state index contributed by atoms with van der Waals surface area (Å²) in [7, 11) is 0. The van der Waals surface area contributed by atoms with E-state index in [1.807, 2.05) is 38.1 Å². The normalized spacial score (nSPS) is 10.5. The SMILES string of the molecule is CCOc1ccc(-c2nc(NC(=O)c3ccc(C(=O)C(=O)c4ccccc4)cc3)sc2C)cc1. The number of nitrogens with zero attached hydrogens (tertiary/aromatic N) is 1. The number of nitrogens with one attached hydrogen (secondary N) is 1. The Morgan fingerprint density at radius 1 is 0.824 bits per heavy atom. The second kappa shape index (κ2) is 10.2. The number of amides is 1. The first-order chi connectivity index (χ1) is 16.5. The van der Waals surface area contributed by atoms with Crippen molar-refractivity contribution in [2.45, 2.75) is 13.8 Å². The van der Waals surface area contributed by atoms with Gasteiger partial charge in [0.25, 0.3) is 5.91 Å². The zero-order chi connectivity index (χ0) is 24.1. The summed E-state index contributed by atoms with van der Waals surface area (Å²) in [5.41, 5.74) is 2.65. The number of hydrogen-bond donors (Lipinski definition) is 1. The number of rotatable bonds is 8. The zero-order valence-corrected chi connectivity index (χ0v) is 19.5. The third-order valence-corrected chi connectivity index (χ3v) is 5.99. The molecule has 0 saturated carbocycles. The van der Waals surface area contributed by atoms with Gasteiger partial charge in [0.1, 0.15) is 5.75 Å². The number of ketones is 2. The molecule has 4 rings (SSSR count). The molecule has 0 aliphatic heterocycles. The predicted molar refractivity (Wildman–Crippen MR) is 133 cm³/mol. The van der Waals surface area contributed by atoms with E-state index in [9.17, 15) is 14.4 Å². The van der Waals surface area contributed by atoms with Crippen molar-refractivity contribution in [1.29, 1.82) is 0 Å². The molecule has 0 saturated heterocycles. The lowest BCUT2D eigenvalue weighted by atomic mass is 10.0. The summed E-state index contributed by atoms with van der Waals surface area (Å²) in [5, 5.41) is 3.29. The van der Waals surface area contributed by atoms with Crippen LogP contribution in [0.15, 0.2) is 78.9 Å². The van der Waals surface area contributed by atoms with Gasteiger partial charge in [0, 0.05) is 27.1 Å². The van der Waals surface area contributed by atoms with E-state index in [-0.39, 0.29) is 11.5 Å². The van der Waals surface area contributed by atoms with Gasteiger partial charge in [-0.2, -0.15) is 0 Å². The highest BCUT2D eigenvalue weighted by Gasteiger charge is 2.19. The van der Waals surface area contributed by atoms with Crippen LogP contribution in [0.25, 0.3) is 11.3 Å². The van der Waals surface area contributed by atoms with Gasteiger partial charge in [-0.1, -0.05) is 42.5 Å². The zero-order valence-electron chi connectivity index (χ0n) is 18.7. The van der Waals surface area contributed by atoms with E-state index in [0.29, 0.717) is 22.9 Å². The quantitative estimate of drug-likeness (QED) is 0.258.